The van der Waals surface area contributed by atoms with Gasteiger partial charge in [0.1, 0.15) is 5.25 Å². The second-order valence-electron chi connectivity index (χ2n) is 10.0. The first-order valence-electron chi connectivity index (χ1n) is 13.9. The van der Waals surface area contributed by atoms with E-state index in [-0.39, 0.29) is 11.8 Å². The Hall–Kier alpha value is -4.61. The second kappa shape index (κ2) is 14.2. The van der Waals surface area contributed by atoms with E-state index in [2.05, 4.69) is 15.6 Å². The van der Waals surface area contributed by atoms with Crippen LogP contribution >= 0.6 is 23.1 Å². The number of benzene rings is 3. The third kappa shape index (κ3) is 7.29. The summed E-state index contributed by atoms with van der Waals surface area (Å²) in [6.07, 6.45) is 4.38. The van der Waals surface area contributed by atoms with E-state index in [1.165, 1.54) is 23.1 Å². The van der Waals surface area contributed by atoms with Crippen LogP contribution in [0.5, 0.6) is 11.5 Å². The molecule has 0 saturated heterocycles. The fourth-order valence-corrected chi connectivity index (χ4v) is 6.64. The molecule has 0 saturated carbocycles. The molecule has 0 spiro atoms. The highest BCUT2D eigenvalue weighted by Crippen LogP contribution is 2.38. The van der Waals surface area contributed by atoms with E-state index in [0.29, 0.717) is 40.9 Å². The summed E-state index contributed by atoms with van der Waals surface area (Å²) in [7, 11) is 3.15. The summed E-state index contributed by atoms with van der Waals surface area (Å²) in [5.74, 6) is -1.68. The maximum Gasteiger partial charge on any atom is 0.307 e. The van der Waals surface area contributed by atoms with Crippen LogP contribution in [0.15, 0.2) is 95.2 Å². The topological polar surface area (TPSA) is 127 Å². The van der Waals surface area contributed by atoms with Crippen molar-refractivity contribution in [1.29, 1.82) is 0 Å². The lowest BCUT2D eigenvalue weighted by Crippen LogP contribution is -2.34. The highest BCUT2D eigenvalue weighted by Gasteiger charge is 2.34. The Morgan fingerprint density at radius 2 is 1.61 bits per heavy atom. The first kappa shape index (κ1) is 30.8. The largest absolute Gasteiger partial charge is 0.493 e. The van der Waals surface area contributed by atoms with E-state index >= 15 is 0 Å². The minimum absolute atomic E-state index is 0.225. The van der Waals surface area contributed by atoms with Crippen LogP contribution in [0.25, 0.3) is 11.3 Å². The van der Waals surface area contributed by atoms with Gasteiger partial charge in [0.05, 0.1) is 31.7 Å². The Morgan fingerprint density at radius 1 is 0.909 bits per heavy atom. The molecule has 1 aliphatic carbocycles. The Bertz CT molecular complexity index is 1660. The van der Waals surface area contributed by atoms with Crippen molar-refractivity contribution < 1.29 is 29.0 Å². The number of amides is 2. The molecule has 1 aromatic heterocycles. The Balaban J connectivity index is 1.28. The molecule has 1 aliphatic rings. The SMILES string of the molecule is COc1ccc(-c2csc(NC(=O)C(Sc3ccc(NC(=O)C4CC=CCC4C(=O)O)cc3)c3ccccc3)n2)cc1OC. The smallest absolute Gasteiger partial charge is 0.307 e. The Labute approximate surface area is 263 Å². The number of thiazole rings is 1. The van der Waals surface area contributed by atoms with Gasteiger partial charge in [0.15, 0.2) is 16.6 Å². The molecule has 5 rings (SSSR count). The van der Waals surface area contributed by atoms with Gasteiger partial charge in [-0.25, -0.2) is 4.98 Å². The summed E-state index contributed by atoms with van der Waals surface area (Å²) in [5.41, 5.74) is 2.92. The van der Waals surface area contributed by atoms with Crippen molar-refractivity contribution >= 4 is 51.7 Å². The van der Waals surface area contributed by atoms with Crippen LogP contribution in [0, 0.1) is 11.8 Å². The Morgan fingerprint density at radius 3 is 2.30 bits per heavy atom. The van der Waals surface area contributed by atoms with E-state index in [9.17, 15) is 19.5 Å². The lowest BCUT2D eigenvalue weighted by molar-refractivity contribution is -0.146. The average molecular weight is 630 g/mol. The predicted molar refractivity (Wildman–Crippen MR) is 172 cm³/mol. The number of aliphatic carboxylic acids is 1. The van der Waals surface area contributed by atoms with Gasteiger partial charge in [0, 0.05) is 21.5 Å². The lowest BCUT2D eigenvalue weighted by atomic mass is 9.82. The molecule has 9 nitrogen and oxygen atoms in total. The van der Waals surface area contributed by atoms with Crippen LogP contribution in [0.4, 0.5) is 10.8 Å². The highest BCUT2D eigenvalue weighted by atomic mass is 32.2. The number of carboxylic acids is 1. The first-order chi connectivity index (χ1) is 21.4. The molecule has 0 fully saturated rings. The molecule has 0 aliphatic heterocycles. The maximum absolute atomic E-state index is 13.6. The molecular weight excluding hydrogens is 599 g/mol. The molecule has 3 atom stereocenters. The maximum atomic E-state index is 13.6. The van der Waals surface area contributed by atoms with E-state index in [1.54, 1.807) is 32.4 Å². The predicted octanol–water partition coefficient (Wildman–Crippen LogP) is 6.90. The monoisotopic (exact) mass is 629 g/mol. The molecule has 0 bridgehead atoms. The van der Waals surface area contributed by atoms with Crippen LogP contribution in [0.3, 0.4) is 0 Å². The van der Waals surface area contributed by atoms with E-state index in [1.807, 2.05) is 72.1 Å². The number of rotatable bonds is 11. The van der Waals surface area contributed by atoms with Crippen molar-refractivity contribution in [2.45, 2.75) is 23.0 Å². The van der Waals surface area contributed by atoms with Gasteiger partial charge < -0.3 is 25.2 Å². The van der Waals surface area contributed by atoms with Crippen molar-refractivity contribution in [3.8, 4) is 22.8 Å². The quantitative estimate of drug-likeness (QED) is 0.121. The minimum Gasteiger partial charge on any atom is -0.493 e. The number of carbonyl (C=O) groups excluding carboxylic acids is 2. The van der Waals surface area contributed by atoms with Gasteiger partial charge in [0.2, 0.25) is 11.8 Å². The van der Waals surface area contributed by atoms with Crippen LogP contribution in [0.2, 0.25) is 0 Å². The fraction of sp³-hybridized carbons (Fsp3) is 0.212. The number of hydrogen-bond acceptors (Lipinski definition) is 8. The molecule has 44 heavy (non-hydrogen) atoms. The summed E-state index contributed by atoms with van der Waals surface area (Å²) in [5, 5.41) is 17.1. The summed E-state index contributed by atoms with van der Waals surface area (Å²) in [4.78, 5) is 43.5. The molecule has 1 heterocycles. The van der Waals surface area contributed by atoms with Gasteiger partial charge >= 0.3 is 5.97 Å². The van der Waals surface area contributed by atoms with Crippen LogP contribution < -0.4 is 20.1 Å². The second-order valence-corrected chi connectivity index (χ2v) is 12.0. The zero-order chi connectivity index (χ0) is 31.1. The molecular formula is C33H31N3O6S2. The number of carbonyl (C=O) groups is 3. The minimum atomic E-state index is -0.971. The van der Waals surface area contributed by atoms with Crippen molar-refractivity contribution in [1.82, 2.24) is 4.98 Å². The average Bonchev–Trinajstić information content (AvgIpc) is 3.52. The Kier molecular flexibility index (Phi) is 9.98. The van der Waals surface area contributed by atoms with Crippen LogP contribution in [0.1, 0.15) is 23.7 Å². The number of nitrogens with one attached hydrogen (secondary N) is 2. The molecule has 3 unspecified atom stereocenters. The standard InChI is InChI=1S/C33H31N3O6S2/c1-41-27-17-12-21(18-28(27)42-2)26-19-43-33(35-26)36-31(38)29(20-8-4-3-5-9-20)44-23-15-13-22(14-16-23)34-30(37)24-10-6-7-11-25(24)32(39)40/h3-9,12-19,24-25,29H,10-11H2,1-2H3,(H,34,37)(H,39,40)(H,35,36,38). The third-order valence-electron chi connectivity index (χ3n) is 7.22. The van der Waals surface area contributed by atoms with Gasteiger partial charge in [-0.2, -0.15) is 0 Å². The lowest BCUT2D eigenvalue weighted by Gasteiger charge is -2.24. The summed E-state index contributed by atoms with van der Waals surface area (Å²) in [6.45, 7) is 0. The van der Waals surface area contributed by atoms with Gasteiger partial charge in [-0.1, -0.05) is 42.5 Å². The van der Waals surface area contributed by atoms with Crippen LogP contribution in [-0.4, -0.2) is 42.1 Å². The first-order valence-corrected chi connectivity index (χ1v) is 15.6. The number of anilines is 2. The van der Waals surface area contributed by atoms with E-state index in [0.717, 1.165) is 16.0 Å². The highest BCUT2D eigenvalue weighted by molar-refractivity contribution is 8.00. The number of hydrogen-bond donors (Lipinski definition) is 3. The molecule has 226 valence electrons. The summed E-state index contributed by atoms with van der Waals surface area (Å²) < 4.78 is 10.7. The molecule has 11 heteroatoms. The molecule has 3 N–H and O–H groups in total. The van der Waals surface area contributed by atoms with Gasteiger partial charge in [-0.3, -0.25) is 14.4 Å². The molecule has 4 aromatic rings. The van der Waals surface area contributed by atoms with E-state index < -0.39 is 23.1 Å². The zero-order valence-electron chi connectivity index (χ0n) is 24.1. The third-order valence-corrected chi connectivity index (χ3v) is 9.24. The molecule has 0 radical (unpaired) electrons. The van der Waals surface area contributed by atoms with Crippen LogP contribution in [-0.2, 0) is 14.4 Å². The van der Waals surface area contributed by atoms with Gasteiger partial charge in [-0.05, 0) is 60.9 Å². The number of aromatic nitrogens is 1. The number of thioether (sulfide) groups is 1. The van der Waals surface area contributed by atoms with Crippen molar-refractivity contribution in [3.63, 3.8) is 0 Å². The zero-order valence-corrected chi connectivity index (χ0v) is 25.7. The molecule has 3 aromatic carbocycles. The van der Waals surface area contributed by atoms with Gasteiger partial charge in [0.25, 0.3) is 0 Å². The number of carboxylic acid groups (broad SMARTS) is 1. The van der Waals surface area contributed by atoms with Gasteiger partial charge in [-0.15, -0.1) is 23.1 Å². The number of methoxy groups -OCH3 is 2. The number of nitrogens with zero attached hydrogens (tertiary/aromatic N) is 1. The number of allylic oxidation sites excluding steroid dienone is 2. The van der Waals surface area contributed by atoms with Crippen molar-refractivity contribution in [2.24, 2.45) is 11.8 Å². The number of ether oxygens (including phenoxy) is 2. The van der Waals surface area contributed by atoms with Crippen molar-refractivity contribution in [3.05, 3.63) is 95.9 Å². The fourth-order valence-electron chi connectivity index (χ4n) is 4.90. The van der Waals surface area contributed by atoms with Crippen molar-refractivity contribution in [2.75, 3.05) is 24.9 Å². The summed E-state index contributed by atoms with van der Waals surface area (Å²) in [6, 6.07) is 22.2. The van der Waals surface area contributed by atoms with E-state index in [4.69, 9.17) is 9.47 Å². The normalized spacial score (nSPS) is 16.5. The summed E-state index contributed by atoms with van der Waals surface area (Å²) >= 11 is 2.71. The molecule has 2 amide bonds.